The molecule has 8 nitrogen and oxygen atoms in total. The third-order valence-electron chi connectivity index (χ3n) is 5.80. The molecular formula is C25H29FN6O2S. The zero-order valence-electron chi connectivity index (χ0n) is 19.5. The van der Waals surface area contributed by atoms with Crippen LogP contribution in [0.15, 0.2) is 54.6 Å². The highest BCUT2D eigenvalue weighted by atomic mass is 32.1. The molecule has 0 aliphatic carbocycles. The van der Waals surface area contributed by atoms with Gasteiger partial charge in [0.25, 0.3) is 5.91 Å². The molecule has 0 bridgehead atoms. The first kappa shape index (κ1) is 24.7. The minimum absolute atomic E-state index is 0.0309. The topological polar surface area (TPSA) is 90.5 Å². The van der Waals surface area contributed by atoms with E-state index in [1.54, 1.807) is 12.1 Å². The highest BCUT2D eigenvalue weighted by Gasteiger charge is 2.17. The van der Waals surface area contributed by atoms with Crippen molar-refractivity contribution in [2.75, 3.05) is 49.5 Å². The Labute approximate surface area is 208 Å². The fourth-order valence-corrected chi connectivity index (χ4v) is 4.61. The van der Waals surface area contributed by atoms with Crippen molar-refractivity contribution in [2.45, 2.75) is 19.3 Å². The number of piperazine rings is 1. The van der Waals surface area contributed by atoms with Gasteiger partial charge in [0.05, 0.1) is 0 Å². The standard InChI is InChI=1S/C25H29FN6O2S/c26-19-7-9-21(10-8-19)32-17-15-31(16-18-32)14-4-13-27-22(33)11-12-23-29-30-25(35-23)24(34)28-20-5-2-1-3-6-20/h1-3,5-10H,4,11-18H2,(H,27,33)(H,28,34). The molecule has 2 heterocycles. The Morgan fingerprint density at radius 3 is 2.46 bits per heavy atom. The molecule has 3 aromatic rings. The number of amides is 2. The lowest BCUT2D eigenvalue weighted by atomic mass is 10.2. The van der Waals surface area contributed by atoms with Gasteiger partial charge < -0.3 is 15.5 Å². The maximum atomic E-state index is 13.1. The number of benzene rings is 2. The van der Waals surface area contributed by atoms with Crippen molar-refractivity contribution >= 4 is 34.5 Å². The summed E-state index contributed by atoms with van der Waals surface area (Å²) in [5.41, 5.74) is 1.75. The Hall–Kier alpha value is -3.37. The molecule has 2 N–H and O–H groups in total. The second-order valence-electron chi connectivity index (χ2n) is 8.33. The number of rotatable bonds is 10. The summed E-state index contributed by atoms with van der Waals surface area (Å²) in [6.45, 7) is 5.26. The van der Waals surface area contributed by atoms with Crippen molar-refractivity contribution in [2.24, 2.45) is 0 Å². The second-order valence-corrected chi connectivity index (χ2v) is 9.39. The Morgan fingerprint density at radius 2 is 1.71 bits per heavy atom. The summed E-state index contributed by atoms with van der Waals surface area (Å²) in [6, 6.07) is 15.8. The Bertz CT molecular complexity index is 1100. The predicted molar refractivity (Wildman–Crippen MR) is 135 cm³/mol. The van der Waals surface area contributed by atoms with Crippen molar-refractivity contribution < 1.29 is 14.0 Å². The summed E-state index contributed by atoms with van der Waals surface area (Å²) < 4.78 is 13.1. The van der Waals surface area contributed by atoms with Crippen LogP contribution < -0.4 is 15.5 Å². The number of hydrogen-bond acceptors (Lipinski definition) is 7. The number of para-hydroxylation sites is 1. The van der Waals surface area contributed by atoms with Crippen molar-refractivity contribution in [3.05, 3.63) is 70.4 Å². The quantitative estimate of drug-likeness (QED) is 0.419. The van der Waals surface area contributed by atoms with Gasteiger partial charge in [0.15, 0.2) is 0 Å². The normalized spacial score (nSPS) is 14.0. The van der Waals surface area contributed by atoms with Crippen LogP contribution >= 0.6 is 11.3 Å². The molecule has 10 heteroatoms. The maximum absolute atomic E-state index is 13.1. The fourth-order valence-electron chi connectivity index (χ4n) is 3.87. The number of aryl methyl sites for hydroxylation is 1. The van der Waals surface area contributed by atoms with Crippen LogP contribution in [-0.4, -0.2) is 66.2 Å². The van der Waals surface area contributed by atoms with Gasteiger partial charge in [-0.1, -0.05) is 29.5 Å². The molecule has 2 amide bonds. The van der Waals surface area contributed by atoms with Gasteiger partial charge in [0, 0.05) is 56.9 Å². The predicted octanol–water partition coefficient (Wildman–Crippen LogP) is 3.19. The van der Waals surface area contributed by atoms with Crippen LogP contribution in [-0.2, 0) is 11.2 Å². The van der Waals surface area contributed by atoms with Crippen molar-refractivity contribution in [3.63, 3.8) is 0 Å². The van der Waals surface area contributed by atoms with Crippen molar-refractivity contribution in [3.8, 4) is 0 Å². The number of nitrogens with zero attached hydrogens (tertiary/aromatic N) is 4. The van der Waals surface area contributed by atoms with E-state index in [0.29, 0.717) is 30.1 Å². The molecule has 0 radical (unpaired) electrons. The first-order valence-electron chi connectivity index (χ1n) is 11.8. The smallest absolute Gasteiger partial charge is 0.286 e. The molecule has 1 aliphatic heterocycles. The van der Waals surface area contributed by atoms with Gasteiger partial charge in [-0.3, -0.25) is 14.5 Å². The van der Waals surface area contributed by atoms with Gasteiger partial charge in [-0.2, -0.15) is 0 Å². The molecule has 35 heavy (non-hydrogen) atoms. The van der Waals surface area contributed by atoms with E-state index >= 15 is 0 Å². The van der Waals surface area contributed by atoms with E-state index in [4.69, 9.17) is 0 Å². The number of carbonyl (C=O) groups excluding carboxylic acids is 2. The van der Waals surface area contributed by atoms with Gasteiger partial charge >= 0.3 is 0 Å². The van der Waals surface area contributed by atoms with E-state index in [0.717, 1.165) is 44.8 Å². The van der Waals surface area contributed by atoms with Crippen LogP contribution in [0.2, 0.25) is 0 Å². The lowest BCUT2D eigenvalue weighted by Crippen LogP contribution is -2.47. The fraction of sp³-hybridized carbons (Fsp3) is 0.360. The summed E-state index contributed by atoms with van der Waals surface area (Å²) >= 11 is 1.21. The first-order valence-corrected chi connectivity index (χ1v) is 12.6. The zero-order valence-corrected chi connectivity index (χ0v) is 20.3. The van der Waals surface area contributed by atoms with Gasteiger partial charge in [-0.25, -0.2) is 4.39 Å². The molecule has 0 unspecified atom stereocenters. The molecule has 0 spiro atoms. The molecule has 1 saturated heterocycles. The van der Waals surface area contributed by atoms with Gasteiger partial charge in [0.1, 0.15) is 10.8 Å². The van der Waals surface area contributed by atoms with E-state index in [1.165, 1.54) is 23.5 Å². The van der Waals surface area contributed by atoms with Crippen LogP contribution in [0.25, 0.3) is 0 Å². The van der Waals surface area contributed by atoms with E-state index < -0.39 is 0 Å². The molecular weight excluding hydrogens is 467 g/mol. The molecule has 0 atom stereocenters. The minimum Gasteiger partial charge on any atom is -0.369 e. The molecule has 1 aliphatic rings. The van der Waals surface area contributed by atoms with Crippen LogP contribution in [0, 0.1) is 5.82 Å². The monoisotopic (exact) mass is 496 g/mol. The van der Waals surface area contributed by atoms with E-state index in [-0.39, 0.29) is 22.6 Å². The third kappa shape index (κ3) is 7.56. The summed E-state index contributed by atoms with van der Waals surface area (Å²) in [7, 11) is 0. The largest absolute Gasteiger partial charge is 0.369 e. The summed E-state index contributed by atoms with van der Waals surface area (Å²) in [5.74, 6) is -0.548. The SMILES string of the molecule is O=C(CCc1nnc(C(=O)Nc2ccccc2)s1)NCCCN1CCN(c2ccc(F)cc2)CC1. The van der Waals surface area contributed by atoms with Crippen molar-refractivity contribution in [1.29, 1.82) is 0 Å². The number of halogens is 1. The van der Waals surface area contributed by atoms with E-state index in [1.807, 2.05) is 30.3 Å². The summed E-state index contributed by atoms with van der Waals surface area (Å²) in [4.78, 5) is 29.1. The lowest BCUT2D eigenvalue weighted by Gasteiger charge is -2.36. The van der Waals surface area contributed by atoms with E-state index in [2.05, 4.69) is 30.6 Å². The third-order valence-corrected chi connectivity index (χ3v) is 6.78. The minimum atomic E-state index is -0.303. The van der Waals surface area contributed by atoms with Crippen LogP contribution in [0.3, 0.4) is 0 Å². The lowest BCUT2D eigenvalue weighted by molar-refractivity contribution is -0.121. The maximum Gasteiger partial charge on any atom is 0.286 e. The average Bonchev–Trinajstić information content (AvgIpc) is 3.36. The molecule has 2 aromatic carbocycles. The average molecular weight is 497 g/mol. The highest BCUT2D eigenvalue weighted by molar-refractivity contribution is 7.13. The summed E-state index contributed by atoms with van der Waals surface area (Å²) in [6.07, 6.45) is 1.64. The second kappa shape index (κ2) is 12.4. The van der Waals surface area contributed by atoms with Crippen LogP contribution in [0.4, 0.5) is 15.8 Å². The Morgan fingerprint density at radius 1 is 0.971 bits per heavy atom. The Balaban J connectivity index is 1.09. The van der Waals surface area contributed by atoms with Crippen LogP contribution in [0.1, 0.15) is 27.7 Å². The number of hydrogen-bond donors (Lipinski definition) is 2. The van der Waals surface area contributed by atoms with Gasteiger partial charge in [-0.05, 0) is 49.4 Å². The molecule has 1 aromatic heterocycles. The molecule has 184 valence electrons. The first-order chi connectivity index (χ1) is 17.1. The molecule has 0 saturated carbocycles. The van der Waals surface area contributed by atoms with E-state index in [9.17, 15) is 14.0 Å². The molecule has 4 rings (SSSR count). The van der Waals surface area contributed by atoms with Gasteiger partial charge in [-0.15, -0.1) is 10.2 Å². The number of aromatic nitrogens is 2. The summed E-state index contributed by atoms with van der Waals surface area (Å²) in [5, 5.41) is 14.7. The molecule has 1 fully saturated rings. The van der Waals surface area contributed by atoms with Crippen LogP contribution in [0.5, 0.6) is 0 Å². The highest BCUT2D eigenvalue weighted by Crippen LogP contribution is 2.17. The van der Waals surface area contributed by atoms with Crippen molar-refractivity contribution in [1.82, 2.24) is 20.4 Å². The number of carbonyl (C=O) groups is 2. The number of nitrogens with one attached hydrogen (secondary N) is 2. The zero-order chi connectivity index (χ0) is 24.5. The van der Waals surface area contributed by atoms with Gasteiger partial charge in [0.2, 0.25) is 10.9 Å². The number of anilines is 2. The Kier molecular flexibility index (Phi) is 8.74.